The van der Waals surface area contributed by atoms with Crippen LogP contribution in [0.15, 0.2) is 36.4 Å². The molecular formula is C20H22Cl2N2O3. The van der Waals surface area contributed by atoms with Crippen molar-refractivity contribution in [2.45, 2.75) is 19.5 Å². The maximum absolute atomic E-state index is 12.4. The fraction of sp³-hybridized carbons (Fsp3) is 0.350. The van der Waals surface area contributed by atoms with Crippen LogP contribution in [0.25, 0.3) is 0 Å². The maximum atomic E-state index is 12.4. The molecule has 1 aliphatic rings. The third-order valence-corrected chi connectivity index (χ3v) is 5.03. The molecule has 7 heteroatoms. The summed E-state index contributed by atoms with van der Waals surface area (Å²) in [6.07, 6.45) is 0. The lowest BCUT2D eigenvalue weighted by molar-refractivity contribution is -0.122. The number of benzene rings is 2. The predicted octanol–water partition coefficient (Wildman–Crippen LogP) is 4.07. The van der Waals surface area contributed by atoms with Gasteiger partial charge in [0.25, 0.3) is 0 Å². The monoisotopic (exact) mass is 408 g/mol. The lowest BCUT2D eigenvalue weighted by Gasteiger charge is -2.22. The van der Waals surface area contributed by atoms with Crippen molar-refractivity contribution in [3.63, 3.8) is 0 Å². The van der Waals surface area contributed by atoms with E-state index in [1.165, 1.54) is 0 Å². The number of carbonyl (C=O) groups excluding carboxylic acids is 1. The molecule has 0 bridgehead atoms. The van der Waals surface area contributed by atoms with E-state index in [4.69, 9.17) is 32.7 Å². The van der Waals surface area contributed by atoms with Gasteiger partial charge in [-0.3, -0.25) is 9.69 Å². The molecule has 3 rings (SSSR count). The van der Waals surface area contributed by atoms with E-state index in [0.29, 0.717) is 29.8 Å². The van der Waals surface area contributed by atoms with Crippen LogP contribution in [0.4, 0.5) is 0 Å². The first-order chi connectivity index (χ1) is 12.9. The van der Waals surface area contributed by atoms with E-state index in [1.54, 1.807) is 6.07 Å². The highest BCUT2D eigenvalue weighted by Crippen LogP contribution is 2.32. The number of halogens is 2. The Morgan fingerprint density at radius 1 is 1.11 bits per heavy atom. The molecule has 0 saturated heterocycles. The van der Waals surface area contributed by atoms with E-state index in [9.17, 15) is 4.79 Å². The van der Waals surface area contributed by atoms with Crippen molar-refractivity contribution < 1.29 is 14.3 Å². The lowest BCUT2D eigenvalue weighted by atomic mass is 10.1. The molecule has 0 fully saturated rings. The minimum absolute atomic E-state index is 0.0556. The first-order valence-electron chi connectivity index (χ1n) is 8.74. The van der Waals surface area contributed by atoms with Gasteiger partial charge in [-0.25, -0.2) is 0 Å². The summed E-state index contributed by atoms with van der Waals surface area (Å²) in [5.41, 5.74) is 1.97. The highest BCUT2D eigenvalue weighted by molar-refractivity contribution is 6.42. The zero-order valence-electron chi connectivity index (χ0n) is 15.3. The van der Waals surface area contributed by atoms with Gasteiger partial charge in [-0.15, -0.1) is 0 Å². The summed E-state index contributed by atoms with van der Waals surface area (Å²) in [5.74, 6) is 1.40. The Bertz CT molecular complexity index is 829. The minimum atomic E-state index is -0.133. The molecule has 2 aromatic rings. The molecule has 144 valence electrons. The molecule has 0 saturated carbocycles. The number of hydrogen-bond acceptors (Lipinski definition) is 4. The summed E-state index contributed by atoms with van der Waals surface area (Å²) in [6, 6.07) is 11.1. The van der Waals surface area contributed by atoms with Crippen LogP contribution < -0.4 is 14.8 Å². The van der Waals surface area contributed by atoms with Gasteiger partial charge in [0.15, 0.2) is 11.5 Å². The van der Waals surface area contributed by atoms with Gasteiger partial charge in [0, 0.05) is 6.54 Å². The van der Waals surface area contributed by atoms with Crippen molar-refractivity contribution in [1.82, 2.24) is 10.2 Å². The molecule has 2 aromatic carbocycles. The summed E-state index contributed by atoms with van der Waals surface area (Å²) < 4.78 is 11.1. The summed E-state index contributed by atoms with van der Waals surface area (Å²) in [4.78, 5) is 14.3. The third kappa shape index (κ3) is 5.28. The molecule has 0 unspecified atom stereocenters. The number of likely N-dealkylation sites (N-methyl/N-ethyl adjacent to an activating group) is 1. The fourth-order valence-corrected chi connectivity index (χ4v) is 3.27. The zero-order chi connectivity index (χ0) is 19.4. The van der Waals surface area contributed by atoms with Crippen LogP contribution >= 0.6 is 23.2 Å². The smallest absolute Gasteiger partial charge is 0.234 e. The molecule has 0 aromatic heterocycles. The molecule has 1 aliphatic heterocycles. The second-order valence-electron chi connectivity index (χ2n) is 6.61. The maximum Gasteiger partial charge on any atom is 0.234 e. The summed E-state index contributed by atoms with van der Waals surface area (Å²) in [6.45, 7) is 3.92. The standard InChI is InChI=1S/C20H22Cl2N2O3/c1-13(15-4-6-18-19(10-15)27-8-7-26-18)23-20(25)12-24(2)11-14-3-5-16(21)17(22)9-14/h3-6,9-10,13H,7-8,11-12H2,1-2H3,(H,23,25)/t13-/m1/s1. The van der Waals surface area contributed by atoms with E-state index in [1.807, 2.05) is 49.2 Å². The average molecular weight is 409 g/mol. The molecule has 1 atom stereocenters. The highest BCUT2D eigenvalue weighted by Gasteiger charge is 2.16. The van der Waals surface area contributed by atoms with Crippen molar-refractivity contribution >= 4 is 29.1 Å². The summed E-state index contributed by atoms with van der Waals surface area (Å²) >= 11 is 12.0. The molecule has 1 N–H and O–H groups in total. The van der Waals surface area contributed by atoms with Crippen molar-refractivity contribution in [3.05, 3.63) is 57.6 Å². The number of nitrogens with zero attached hydrogens (tertiary/aromatic N) is 1. The Morgan fingerprint density at radius 2 is 1.85 bits per heavy atom. The first kappa shape index (κ1) is 19.8. The topological polar surface area (TPSA) is 50.8 Å². The second-order valence-corrected chi connectivity index (χ2v) is 7.43. The molecule has 1 heterocycles. The summed E-state index contributed by atoms with van der Waals surface area (Å²) in [5, 5.41) is 4.05. The van der Waals surface area contributed by atoms with Crippen LogP contribution in [-0.4, -0.2) is 37.6 Å². The van der Waals surface area contributed by atoms with E-state index < -0.39 is 0 Å². The largest absolute Gasteiger partial charge is 0.486 e. The SMILES string of the molecule is C[C@@H](NC(=O)CN(C)Cc1ccc(Cl)c(Cl)c1)c1ccc2c(c1)OCCO2. The Morgan fingerprint density at radius 3 is 2.59 bits per heavy atom. The average Bonchev–Trinajstić information content (AvgIpc) is 2.64. The van der Waals surface area contributed by atoms with Gasteiger partial charge in [0.1, 0.15) is 13.2 Å². The quantitative estimate of drug-likeness (QED) is 0.782. The number of nitrogens with one attached hydrogen (secondary N) is 1. The van der Waals surface area contributed by atoms with Gasteiger partial charge in [-0.2, -0.15) is 0 Å². The van der Waals surface area contributed by atoms with Crippen molar-refractivity contribution in [3.8, 4) is 11.5 Å². The molecular weight excluding hydrogens is 387 g/mol. The number of fused-ring (bicyclic) bond motifs is 1. The number of rotatable bonds is 6. The highest BCUT2D eigenvalue weighted by atomic mass is 35.5. The van der Waals surface area contributed by atoms with Crippen LogP contribution in [-0.2, 0) is 11.3 Å². The Labute approximate surface area is 169 Å². The van der Waals surface area contributed by atoms with Gasteiger partial charge in [-0.05, 0) is 49.4 Å². The first-order valence-corrected chi connectivity index (χ1v) is 9.49. The van der Waals surface area contributed by atoms with Gasteiger partial charge < -0.3 is 14.8 Å². The number of amides is 1. The second kappa shape index (κ2) is 8.83. The molecule has 0 spiro atoms. The van der Waals surface area contributed by atoms with Crippen LogP contribution in [0.1, 0.15) is 24.1 Å². The van der Waals surface area contributed by atoms with E-state index in [2.05, 4.69) is 5.32 Å². The minimum Gasteiger partial charge on any atom is -0.486 e. The van der Waals surface area contributed by atoms with E-state index in [-0.39, 0.29) is 18.5 Å². The molecule has 5 nitrogen and oxygen atoms in total. The van der Waals surface area contributed by atoms with Crippen molar-refractivity contribution in [2.24, 2.45) is 0 Å². The molecule has 1 amide bonds. The van der Waals surface area contributed by atoms with Gasteiger partial charge in [-0.1, -0.05) is 35.3 Å². The van der Waals surface area contributed by atoms with Crippen LogP contribution in [0.2, 0.25) is 10.0 Å². The molecule has 0 radical (unpaired) electrons. The normalized spacial score (nSPS) is 14.1. The predicted molar refractivity (Wildman–Crippen MR) is 107 cm³/mol. The number of ether oxygens (including phenoxy) is 2. The fourth-order valence-electron chi connectivity index (χ4n) is 2.95. The molecule has 0 aliphatic carbocycles. The Kier molecular flexibility index (Phi) is 6.47. The van der Waals surface area contributed by atoms with E-state index in [0.717, 1.165) is 22.6 Å². The molecule has 27 heavy (non-hydrogen) atoms. The van der Waals surface area contributed by atoms with Gasteiger partial charge >= 0.3 is 0 Å². The van der Waals surface area contributed by atoms with Crippen LogP contribution in [0.3, 0.4) is 0 Å². The van der Waals surface area contributed by atoms with E-state index >= 15 is 0 Å². The number of carbonyl (C=O) groups is 1. The number of hydrogen-bond donors (Lipinski definition) is 1. The van der Waals surface area contributed by atoms with Crippen molar-refractivity contribution in [1.29, 1.82) is 0 Å². The Hall–Kier alpha value is -1.95. The van der Waals surface area contributed by atoms with Gasteiger partial charge in [0.05, 0.1) is 22.6 Å². The Balaban J connectivity index is 1.54. The summed E-state index contributed by atoms with van der Waals surface area (Å²) in [7, 11) is 1.89. The third-order valence-electron chi connectivity index (χ3n) is 4.29. The zero-order valence-corrected chi connectivity index (χ0v) is 16.8. The van der Waals surface area contributed by atoms with Crippen LogP contribution in [0.5, 0.6) is 11.5 Å². The van der Waals surface area contributed by atoms with Crippen LogP contribution in [0, 0.1) is 0 Å². The van der Waals surface area contributed by atoms with Gasteiger partial charge in [0.2, 0.25) is 5.91 Å². The lowest BCUT2D eigenvalue weighted by Crippen LogP contribution is -2.36. The van der Waals surface area contributed by atoms with Crippen molar-refractivity contribution in [2.75, 3.05) is 26.8 Å².